The highest BCUT2D eigenvalue weighted by Crippen LogP contribution is 2.35. The van der Waals surface area contributed by atoms with Crippen LogP contribution < -0.4 is 5.32 Å². The summed E-state index contributed by atoms with van der Waals surface area (Å²) in [5.74, 6) is -0.123. The van der Waals surface area contributed by atoms with Crippen LogP contribution in [0.3, 0.4) is 0 Å². The number of halogens is 4. The second-order valence-corrected chi connectivity index (χ2v) is 5.01. The lowest BCUT2D eigenvalue weighted by atomic mass is 9.95. The van der Waals surface area contributed by atoms with Crippen molar-refractivity contribution in [1.29, 1.82) is 0 Å². The molecule has 0 aliphatic heterocycles. The molecular weight excluding hydrogens is 265 g/mol. The second-order valence-electron chi connectivity index (χ2n) is 4.45. The lowest BCUT2D eigenvalue weighted by Crippen LogP contribution is -2.34. The zero-order valence-electron chi connectivity index (χ0n) is 9.67. The average molecular weight is 279 g/mol. The first-order valence-electron chi connectivity index (χ1n) is 5.91. The van der Waals surface area contributed by atoms with Crippen molar-refractivity contribution in [2.24, 2.45) is 0 Å². The molecule has 0 amide bonds. The van der Waals surface area contributed by atoms with E-state index in [1.54, 1.807) is 0 Å². The molecular formula is C12H14ClF3N2. The van der Waals surface area contributed by atoms with Gasteiger partial charge in [-0.05, 0) is 25.0 Å². The first-order valence-corrected chi connectivity index (χ1v) is 6.35. The minimum Gasteiger partial charge on any atom is -0.365 e. The van der Waals surface area contributed by atoms with Crippen LogP contribution >= 0.6 is 11.6 Å². The van der Waals surface area contributed by atoms with Crippen LogP contribution in [0.4, 0.5) is 19.0 Å². The van der Waals surface area contributed by atoms with Crippen LogP contribution in [-0.4, -0.2) is 16.4 Å². The number of rotatable bonds is 2. The van der Waals surface area contributed by atoms with E-state index in [0.717, 1.165) is 31.7 Å². The lowest BCUT2D eigenvalue weighted by molar-refractivity contribution is -0.137. The van der Waals surface area contributed by atoms with Crippen molar-refractivity contribution in [3.8, 4) is 0 Å². The predicted molar refractivity (Wildman–Crippen MR) is 64.8 cm³/mol. The molecule has 100 valence electrons. The first kappa shape index (κ1) is 13.5. The van der Waals surface area contributed by atoms with Crippen LogP contribution in [0.15, 0.2) is 18.3 Å². The summed E-state index contributed by atoms with van der Waals surface area (Å²) in [6, 6.07) is 2.17. The molecule has 2 atom stereocenters. The van der Waals surface area contributed by atoms with Gasteiger partial charge in [-0.2, -0.15) is 13.2 Å². The number of anilines is 1. The summed E-state index contributed by atoms with van der Waals surface area (Å²) in [5, 5.41) is 2.71. The van der Waals surface area contributed by atoms with Gasteiger partial charge in [0.15, 0.2) is 0 Å². The lowest BCUT2D eigenvalue weighted by Gasteiger charge is -2.29. The largest absolute Gasteiger partial charge is 0.419 e. The number of hydrogen-bond donors (Lipinski definition) is 1. The van der Waals surface area contributed by atoms with Gasteiger partial charge in [0.25, 0.3) is 0 Å². The van der Waals surface area contributed by atoms with Crippen LogP contribution in [0.25, 0.3) is 0 Å². The van der Waals surface area contributed by atoms with Crippen molar-refractivity contribution < 1.29 is 13.2 Å². The van der Waals surface area contributed by atoms with Crippen molar-refractivity contribution in [3.63, 3.8) is 0 Å². The number of alkyl halides is 4. The summed E-state index contributed by atoms with van der Waals surface area (Å²) >= 11 is 6.13. The molecule has 0 bridgehead atoms. The quantitative estimate of drug-likeness (QED) is 0.825. The van der Waals surface area contributed by atoms with Gasteiger partial charge in [-0.15, -0.1) is 11.6 Å². The minimum atomic E-state index is -4.40. The van der Waals surface area contributed by atoms with Crippen molar-refractivity contribution in [3.05, 3.63) is 23.9 Å². The van der Waals surface area contributed by atoms with E-state index in [0.29, 0.717) is 0 Å². The van der Waals surface area contributed by atoms with Gasteiger partial charge in [-0.1, -0.05) is 12.8 Å². The molecule has 1 saturated carbocycles. The Morgan fingerprint density at radius 2 is 2.00 bits per heavy atom. The molecule has 1 aliphatic rings. The Kier molecular flexibility index (Phi) is 4.00. The van der Waals surface area contributed by atoms with E-state index in [1.807, 2.05) is 0 Å². The van der Waals surface area contributed by atoms with E-state index in [-0.39, 0.29) is 17.2 Å². The predicted octanol–water partition coefficient (Wildman–Crippen LogP) is 4.06. The van der Waals surface area contributed by atoms with Gasteiger partial charge in [0.2, 0.25) is 0 Å². The highest BCUT2D eigenvalue weighted by molar-refractivity contribution is 6.21. The standard InChI is InChI=1S/C12H14ClF3N2/c13-9-5-1-2-6-10(9)18-11-8(12(14,15)16)4-3-7-17-11/h3-4,7,9-10H,1-2,5-6H2,(H,17,18). The highest BCUT2D eigenvalue weighted by Gasteiger charge is 2.35. The molecule has 0 spiro atoms. The van der Waals surface area contributed by atoms with Crippen molar-refractivity contribution >= 4 is 17.4 Å². The molecule has 2 nitrogen and oxygen atoms in total. The summed E-state index contributed by atoms with van der Waals surface area (Å²) in [5.41, 5.74) is -0.737. The maximum atomic E-state index is 12.8. The van der Waals surface area contributed by atoms with Crippen LogP contribution in [0.5, 0.6) is 0 Å². The average Bonchev–Trinajstić information content (AvgIpc) is 2.31. The van der Waals surface area contributed by atoms with Crippen LogP contribution in [0, 0.1) is 0 Å². The fourth-order valence-corrected chi connectivity index (χ4v) is 2.52. The van der Waals surface area contributed by atoms with E-state index in [2.05, 4.69) is 10.3 Å². The van der Waals surface area contributed by atoms with Crippen molar-refractivity contribution in [2.45, 2.75) is 43.3 Å². The smallest absolute Gasteiger partial charge is 0.365 e. The SMILES string of the molecule is FC(F)(F)c1cccnc1NC1CCCCC1Cl. The Morgan fingerprint density at radius 1 is 1.28 bits per heavy atom. The Hall–Kier alpha value is -0.970. The maximum Gasteiger partial charge on any atom is 0.419 e. The number of hydrogen-bond acceptors (Lipinski definition) is 2. The van der Waals surface area contributed by atoms with Gasteiger partial charge in [-0.25, -0.2) is 4.98 Å². The van der Waals surface area contributed by atoms with Crippen molar-refractivity contribution in [1.82, 2.24) is 4.98 Å². The van der Waals surface area contributed by atoms with Crippen LogP contribution in [-0.2, 0) is 6.18 Å². The molecule has 6 heteroatoms. The zero-order valence-corrected chi connectivity index (χ0v) is 10.4. The van der Waals surface area contributed by atoms with E-state index in [4.69, 9.17) is 11.6 Å². The number of aromatic nitrogens is 1. The monoisotopic (exact) mass is 278 g/mol. The molecule has 0 saturated heterocycles. The molecule has 18 heavy (non-hydrogen) atoms. The van der Waals surface area contributed by atoms with E-state index >= 15 is 0 Å². The Morgan fingerprint density at radius 3 is 2.67 bits per heavy atom. The van der Waals surface area contributed by atoms with E-state index in [1.165, 1.54) is 12.3 Å². The summed E-state index contributed by atoms with van der Waals surface area (Å²) < 4.78 is 38.4. The Balaban J connectivity index is 2.18. The fourth-order valence-electron chi connectivity index (χ4n) is 2.17. The minimum absolute atomic E-state index is 0.123. The Bertz CT molecular complexity index is 409. The van der Waals surface area contributed by atoms with Gasteiger partial charge in [0.05, 0.1) is 10.9 Å². The molecule has 2 rings (SSSR count). The molecule has 0 radical (unpaired) electrons. The normalized spacial score (nSPS) is 24.9. The molecule has 1 aromatic heterocycles. The summed E-state index contributed by atoms with van der Waals surface area (Å²) in [6.07, 6.45) is 0.571. The van der Waals surface area contributed by atoms with Gasteiger partial charge >= 0.3 is 6.18 Å². The third-order valence-corrected chi connectivity index (χ3v) is 3.64. The third-order valence-electron chi connectivity index (χ3n) is 3.12. The Labute approximate surface area is 109 Å². The van der Waals surface area contributed by atoms with Gasteiger partial charge in [-0.3, -0.25) is 0 Å². The van der Waals surface area contributed by atoms with E-state index < -0.39 is 11.7 Å². The maximum absolute atomic E-state index is 12.8. The molecule has 1 fully saturated rings. The van der Waals surface area contributed by atoms with Gasteiger partial charge < -0.3 is 5.32 Å². The second kappa shape index (κ2) is 5.34. The summed E-state index contributed by atoms with van der Waals surface area (Å²) in [4.78, 5) is 3.78. The van der Waals surface area contributed by atoms with Gasteiger partial charge in [0.1, 0.15) is 5.82 Å². The molecule has 1 aromatic rings. The fraction of sp³-hybridized carbons (Fsp3) is 0.583. The number of pyridine rings is 1. The van der Waals surface area contributed by atoms with Gasteiger partial charge in [0, 0.05) is 12.2 Å². The number of nitrogens with one attached hydrogen (secondary N) is 1. The molecule has 1 heterocycles. The third kappa shape index (κ3) is 3.07. The molecule has 2 unspecified atom stereocenters. The molecule has 0 aromatic carbocycles. The van der Waals surface area contributed by atoms with E-state index in [9.17, 15) is 13.2 Å². The van der Waals surface area contributed by atoms with Crippen LogP contribution in [0.2, 0.25) is 0 Å². The highest BCUT2D eigenvalue weighted by atomic mass is 35.5. The number of nitrogens with zero attached hydrogens (tertiary/aromatic N) is 1. The first-order chi connectivity index (χ1) is 8.48. The topological polar surface area (TPSA) is 24.9 Å². The zero-order chi connectivity index (χ0) is 13.2. The van der Waals surface area contributed by atoms with Crippen molar-refractivity contribution in [2.75, 3.05) is 5.32 Å². The summed E-state index contributed by atoms with van der Waals surface area (Å²) in [6.45, 7) is 0. The summed E-state index contributed by atoms with van der Waals surface area (Å²) in [7, 11) is 0. The molecule has 1 aliphatic carbocycles. The van der Waals surface area contributed by atoms with Crippen LogP contribution in [0.1, 0.15) is 31.2 Å². The molecule has 1 N–H and O–H groups in total.